The summed E-state index contributed by atoms with van der Waals surface area (Å²) >= 11 is 3.10. The van der Waals surface area contributed by atoms with Gasteiger partial charge in [0.05, 0.1) is 18.2 Å². The molecule has 0 saturated carbocycles. The summed E-state index contributed by atoms with van der Waals surface area (Å²) in [5, 5.41) is 5.57. The van der Waals surface area contributed by atoms with Gasteiger partial charge in [-0.2, -0.15) is 0 Å². The number of hydrogen-bond acceptors (Lipinski definition) is 5. The number of anilines is 1. The van der Waals surface area contributed by atoms with Gasteiger partial charge in [-0.3, -0.25) is 5.32 Å². The number of nitrogens with zero attached hydrogens (tertiary/aromatic N) is 1. The summed E-state index contributed by atoms with van der Waals surface area (Å²) in [4.78, 5) is 29.2. The minimum absolute atomic E-state index is 0.119. The lowest BCUT2D eigenvalue weighted by Gasteiger charge is -2.24. The van der Waals surface area contributed by atoms with Crippen LogP contribution < -0.4 is 5.32 Å². The van der Waals surface area contributed by atoms with Crippen LogP contribution >= 0.6 is 22.7 Å². The molecule has 7 heteroatoms. The maximum atomic E-state index is 12.8. The first-order chi connectivity index (χ1) is 12.0. The third kappa shape index (κ3) is 3.57. The first kappa shape index (κ1) is 17.9. The van der Waals surface area contributed by atoms with E-state index in [1.807, 2.05) is 30.2 Å². The van der Waals surface area contributed by atoms with Gasteiger partial charge in [-0.1, -0.05) is 6.07 Å². The van der Waals surface area contributed by atoms with E-state index < -0.39 is 0 Å². The summed E-state index contributed by atoms with van der Waals surface area (Å²) < 4.78 is 5.15. The molecule has 1 atom stereocenters. The molecule has 0 bridgehead atoms. The number of carbonyl (C=O) groups is 2. The van der Waals surface area contributed by atoms with E-state index in [1.165, 1.54) is 16.2 Å². The van der Waals surface area contributed by atoms with Gasteiger partial charge in [-0.15, -0.1) is 22.7 Å². The molecule has 2 amide bonds. The number of likely N-dealkylation sites (tertiary alicyclic amines) is 1. The van der Waals surface area contributed by atoms with Gasteiger partial charge < -0.3 is 9.64 Å². The fourth-order valence-electron chi connectivity index (χ4n) is 3.12. The third-order valence-electron chi connectivity index (χ3n) is 4.47. The predicted molar refractivity (Wildman–Crippen MR) is 102 cm³/mol. The van der Waals surface area contributed by atoms with Crippen molar-refractivity contribution in [2.75, 3.05) is 18.5 Å². The first-order valence-electron chi connectivity index (χ1n) is 8.41. The van der Waals surface area contributed by atoms with E-state index >= 15 is 0 Å². The number of ether oxygens (including phenoxy) is 1. The second kappa shape index (κ2) is 7.58. The molecule has 2 aromatic rings. The summed E-state index contributed by atoms with van der Waals surface area (Å²) in [6.45, 7) is 6.65. The van der Waals surface area contributed by atoms with Crippen LogP contribution in [0.1, 0.15) is 51.5 Å². The molecule has 0 spiro atoms. The number of amides is 2. The van der Waals surface area contributed by atoms with Crippen LogP contribution in [-0.4, -0.2) is 30.1 Å². The van der Waals surface area contributed by atoms with Crippen LogP contribution in [0.2, 0.25) is 0 Å². The Morgan fingerprint density at radius 3 is 2.88 bits per heavy atom. The minimum Gasteiger partial charge on any atom is -0.462 e. The average molecular weight is 379 g/mol. The van der Waals surface area contributed by atoms with Crippen LogP contribution in [0.3, 0.4) is 0 Å². The number of carbonyl (C=O) groups excluding carboxylic acids is 2. The van der Waals surface area contributed by atoms with Crippen LogP contribution in [0, 0.1) is 13.8 Å². The Bertz CT molecular complexity index is 768. The molecule has 3 rings (SSSR count). The number of aryl methyl sites for hydroxylation is 1. The lowest BCUT2D eigenvalue weighted by atomic mass is 10.1. The lowest BCUT2D eigenvalue weighted by molar-refractivity contribution is 0.0527. The Kier molecular flexibility index (Phi) is 5.44. The van der Waals surface area contributed by atoms with Crippen LogP contribution in [0.15, 0.2) is 17.5 Å². The first-order valence-corrected chi connectivity index (χ1v) is 10.1. The van der Waals surface area contributed by atoms with Crippen molar-refractivity contribution < 1.29 is 14.3 Å². The highest BCUT2D eigenvalue weighted by Crippen LogP contribution is 2.37. The predicted octanol–water partition coefficient (Wildman–Crippen LogP) is 4.97. The number of nitrogens with one attached hydrogen (secondary N) is 1. The van der Waals surface area contributed by atoms with E-state index in [2.05, 4.69) is 11.4 Å². The maximum absolute atomic E-state index is 12.8. The quantitative estimate of drug-likeness (QED) is 0.764. The molecule has 0 radical (unpaired) electrons. The molecule has 1 saturated heterocycles. The van der Waals surface area contributed by atoms with Gasteiger partial charge in [0.2, 0.25) is 0 Å². The van der Waals surface area contributed by atoms with Crippen molar-refractivity contribution in [1.29, 1.82) is 0 Å². The zero-order valence-corrected chi connectivity index (χ0v) is 16.3. The van der Waals surface area contributed by atoms with Crippen molar-refractivity contribution in [3.8, 4) is 0 Å². The van der Waals surface area contributed by atoms with Gasteiger partial charge >= 0.3 is 12.0 Å². The van der Waals surface area contributed by atoms with Crippen molar-refractivity contribution in [3.63, 3.8) is 0 Å². The molecule has 3 heterocycles. The summed E-state index contributed by atoms with van der Waals surface area (Å²) in [6, 6.07) is 4.06. The molecule has 5 nitrogen and oxygen atoms in total. The molecule has 25 heavy (non-hydrogen) atoms. The van der Waals surface area contributed by atoms with Gasteiger partial charge in [0, 0.05) is 16.3 Å². The average Bonchev–Trinajstić information content (AvgIpc) is 3.29. The highest BCUT2D eigenvalue weighted by Gasteiger charge is 2.32. The number of esters is 1. The van der Waals surface area contributed by atoms with Crippen LogP contribution in [0.4, 0.5) is 9.80 Å². The minimum atomic E-state index is -0.379. The highest BCUT2D eigenvalue weighted by atomic mass is 32.1. The van der Waals surface area contributed by atoms with Gasteiger partial charge in [-0.05, 0) is 50.6 Å². The van der Waals surface area contributed by atoms with Crippen molar-refractivity contribution in [2.24, 2.45) is 0 Å². The monoisotopic (exact) mass is 378 g/mol. The Hall–Kier alpha value is -1.86. The maximum Gasteiger partial charge on any atom is 0.341 e. The second-order valence-corrected chi connectivity index (χ2v) is 8.21. The molecule has 134 valence electrons. The second-order valence-electron chi connectivity index (χ2n) is 6.00. The molecule has 1 N–H and O–H groups in total. The summed E-state index contributed by atoms with van der Waals surface area (Å²) in [5.74, 6) is -0.379. The van der Waals surface area contributed by atoms with E-state index in [0.29, 0.717) is 17.2 Å². The SMILES string of the molecule is CCOC(=O)c1c(NC(=O)N2CCCC2c2cccs2)sc(C)c1C. The Labute approximate surface area is 155 Å². The van der Waals surface area contributed by atoms with E-state index in [0.717, 1.165) is 29.8 Å². The smallest absolute Gasteiger partial charge is 0.341 e. The summed E-state index contributed by atoms with van der Waals surface area (Å²) in [6.07, 6.45) is 1.96. The molecular formula is C18H22N2O3S2. The van der Waals surface area contributed by atoms with Crippen molar-refractivity contribution in [3.05, 3.63) is 38.4 Å². The zero-order chi connectivity index (χ0) is 18.0. The molecule has 1 unspecified atom stereocenters. The molecule has 1 aliphatic rings. The number of hydrogen-bond donors (Lipinski definition) is 1. The molecular weight excluding hydrogens is 356 g/mol. The van der Waals surface area contributed by atoms with E-state index in [4.69, 9.17) is 4.74 Å². The fourth-order valence-corrected chi connectivity index (χ4v) is 5.03. The van der Waals surface area contributed by atoms with E-state index in [1.54, 1.807) is 18.3 Å². The van der Waals surface area contributed by atoms with Gasteiger partial charge in [0.25, 0.3) is 0 Å². The Balaban J connectivity index is 1.81. The number of urea groups is 1. The standard InChI is InChI=1S/C18H22N2O3S2/c1-4-23-17(21)15-11(2)12(3)25-16(15)19-18(22)20-9-5-7-13(20)14-8-6-10-24-14/h6,8,10,13H,4-5,7,9H2,1-3H3,(H,19,22). The van der Waals surface area contributed by atoms with Crippen molar-refractivity contribution in [1.82, 2.24) is 4.90 Å². The van der Waals surface area contributed by atoms with Crippen LogP contribution in [0.25, 0.3) is 0 Å². The van der Waals surface area contributed by atoms with Crippen LogP contribution in [0.5, 0.6) is 0 Å². The largest absolute Gasteiger partial charge is 0.462 e. The summed E-state index contributed by atoms with van der Waals surface area (Å²) in [7, 11) is 0. The topological polar surface area (TPSA) is 58.6 Å². The number of rotatable bonds is 4. The number of thiophene rings is 2. The molecule has 2 aromatic heterocycles. The van der Waals surface area contributed by atoms with Gasteiger partial charge in [0.1, 0.15) is 5.00 Å². The molecule has 0 aliphatic carbocycles. The Morgan fingerprint density at radius 1 is 1.40 bits per heavy atom. The summed E-state index contributed by atoms with van der Waals surface area (Å²) in [5.41, 5.74) is 1.35. The van der Waals surface area contributed by atoms with Gasteiger partial charge in [-0.25, -0.2) is 9.59 Å². The molecule has 1 aliphatic heterocycles. The molecule has 1 fully saturated rings. The third-order valence-corrected chi connectivity index (χ3v) is 6.57. The normalized spacial score (nSPS) is 16.9. The van der Waals surface area contributed by atoms with Gasteiger partial charge in [0.15, 0.2) is 0 Å². The zero-order valence-electron chi connectivity index (χ0n) is 14.6. The van der Waals surface area contributed by atoms with E-state index in [-0.39, 0.29) is 18.0 Å². The van der Waals surface area contributed by atoms with Crippen molar-refractivity contribution in [2.45, 2.75) is 39.7 Å². The van der Waals surface area contributed by atoms with Crippen molar-refractivity contribution >= 4 is 39.7 Å². The fraction of sp³-hybridized carbons (Fsp3) is 0.444. The van der Waals surface area contributed by atoms with Crippen LogP contribution in [-0.2, 0) is 4.74 Å². The lowest BCUT2D eigenvalue weighted by Crippen LogP contribution is -2.34. The Morgan fingerprint density at radius 2 is 2.20 bits per heavy atom. The highest BCUT2D eigenvalue weighted by molar-refractivity contribution is 7.16. The van der Waals surface area contributed by atoms with E-state index in [9.17, 15) is 9.59 Å². The molecule has 0 aromatic carbocycles.